The molecule has 19 heavy (non-hydrogen) atoms. The zero-order chi connectivity index (χ0) is 13.7. The van der Waals surface area contributed by atoms with Gasteiger partial charge in [0.25, 0.3) is 0 Å². The summed E-state index contributed by atoms with van der Waals surface area (Å²) in [5.74, 6) is 0.624. The lowest BCUT2D eigenvalue weighted by Gasteiger charge is -2.35. The number of hydrogen-bond acceptors (Lipinski definition) is 2. The molecule has 1 saturated heterocycles. The molecule has 1 aliphatic heterocycles. The van der Waals surface area contributed by atoms with E-state index in [1.54, 1.807) is 0 Å². The van der Waals surface area contributed by atoms with Gasteiger partial charge in [-0.25, -0.2) is 0 Å². The third-order valence-corrected chi connectivity index (χ3v) is 3.98. The minimum atomic E-state index is 0.594. The Bertz CT molecular complexity index is 361. The quantitative estimate of drug-likeness (QED) is 0.874. The summed E-state index contributed by atoms with van der Waals surface area (Å²) in [6.07, 6.45) is 2.65. The van der Waals surface area contributed by atoms with Crippen LogP contribution in [0, 0.1) is 0 Å². The van der Waals surface area contributed by atoms with Crippen LogP contribution in [0.3, 0.4) is 0 Å². The number of rotatable bonds is 5. The first-order chi connectivity index (χ1) is 9.15. The molecule has 0 aromatic heterocycles. The molecule has 2 heteroatoms. The molecule has 1 aromatic rings. The second-order valence-electron chi connectivity index (χ2n) is 6.23. The van der Waals surface area contributed by atoms with E-state index in [1.807, 2.05) is 0 Å². The van der Waals surface area contributed by atoms with Gasteiger partial charge in [0.05, 0.1) is 0 Å². The van der Waals surface area contributed by atoms with E-state index < -0.39 is 0 Å². The van der Waals surface area contributed by atoms with Crippen LogP contribution in [0.5, 0.6) is 0 Å². The Labute approximate surface area is 118 Å². The molecule has 2 nitrogen and oxygen atoms in total. The van der Waals surface area contributed by atoms with E-state index in [2.05, 4.69) is 61.3 Å². The van der Waals surface area contributed by atoms with Crippen LogP contribution < -0.4 is 5.32 Å². The molecule has 1 heterocycles. The van der Waals surface area contributed by atoms with Crippen molar-refractivity contribution in [3.05, 3.63) is 35.9 Å². The first-order valence-electron chi connectivity index (χ1n) is 7.68. The molecular weight excluding hydrogens is 232 g/mol. The monoisotopic (exact) mass is 260 g/mol. The second kappa shape index (κ2) is 7.06. The molecule has 1 fully saturated rings. The summed E-state index contributed by atoms with van der Waals surface area (Å²) in [6, 6.07) is 12.2. The molecule has 0 amide bonds. The third kappa shape index (κ3) is 4.63. The van der Waals surface area contributed by atoms with Crippen molar-refractivity contribution < 1.29 is 0 Å². The summed E-state index contributed by atoms with van der Waals surface area (Å²) in [6.45, 7) is 10.5. The molecular formula is C17H28N2. The van der Waals surface area contributed by atoms with Gasteiger partial charge >= 0.3 is 0 Å². The molecule has 2 atom stereocenters. The molecule has 2 rings (SSSR count). The van der Waals surface area contributed by atoms with Gasteiger partial charge in [-0.3, -0.25) is 0 Å². The Morgan fingerprint density at radius 3 is 2.63 bits per heavy atom. The van der Waals surface area contributed by atoms with Gasteiger partial charge in [-0.1, -0.05) is 51.1 Å². The van der Waals surface area contributed by atoms with Gasteiger partial charge in [0, 0.05) is 25.2 Å². The number of nitrogens with zero attached hydrogens (tertiary/aromatic N) is 1. The summed E-state index contributed by atoms with van der Waals surface area (Å²) >= 11 is 0. The maximum absolute atomic E-state index is 3.68. The van der Waals surface area contributed by atoms with Crippen LogP contribution in [0.2, 0.25) is 0 Å². The fraction of sp³-hybridized carbons (Fsp3) is 0.647. The lowest BCUT2D eigenvalue weighted by atomic mass is 9.98. The maximum Gasteiger partial charge on any atom is 0.0197 e. The summed E-state index contributed by atoms with van der Waals surface area (Å²) in [5, 5.41) is 3.68. The Balaban J connectivity index is 1.85. The van der Waals surface area contributed by atoms with E-state index in [9.17, 15) is 0 Å². The fourth-order valence-electron chi connectivity index (χ4n) is 3.10. The van der Waals surface area contributed by atoms with Gasteiger partial charge < -0.3 is 10.2 Å². The van der Waals surface area contributed by atoms with E-state index in [0.717, 1.165) is 0 Å². The van der Waals surface area contributed by atoms with E-state index in [1.165, 1.54) is 38.0 Å². The molecule has 1 aromatic carbocycles. The van der Waals surface area contributed by atoms with Crippen molar-refractivity contribution in [2.24, 2.45) is 0 Å². The van der Waals surface area contributed by atoms with Crippen molar-refractivity contribution in [3.8, 4) is 0 Å². The van der Waals surface area contributed by atoms with E-state index in [4.69, 9.17) is 0 Å². The lowest BCUT2D eigenvalue weighted by molar-refractivity contribution is 0.178. The highest BCUT2D eigenvalue weighted by Crippen LogP contribution is 2.19. The van der Waals surface area contributed by atoms with Gasteiger partial charge in [0.15, 0.2) is 0 Å². The van der Waals surface area contributed by atoms with Crippen molar-refractivity contribution in [1.29, 1.82) is 0 Å². The normalized spacial score (nSPS) is 22.6. The van der Waals surface area contributed by atoms with Crippen LogP contribution in [0.25, 0.3) is 0 Å². The molecule has 0 saturated carbocycles. The van der Waals surface area contributed by atoms with Crippen LogP contribution in [0.4, 0.5) is 0 Å². The summed E-state index contributed by atoms with van der Waals surface area (Å²) in [7, 11) is 0. The number of hydrogen-bond donors (Lipinski definition) is 1. The van der Waals surface area contributed by atoms with Crippen LogP contribution >= 0.6 is 0 Å². The van der Waals surface area contributed by atoms with Gasteiger partial charge in [0.2, 0.25) is 0 Å². The Morgan fingerprint density at radius 2 is 1.95 bits per heavy atom. The summed E-state index contributed by atoms with van der Waals surface area (Å²) in [4.78, 5) is 2.63. The number of benzene rings is 1. The molecule has 0 spiro atoms. The molecule has 106 valence electrons. The maximum atomic E-state index is 3.68. The molecule has 1 aliphatic rings. The average molecular weight is 260 g/mol. The third-order valence-electron chi connectivity index (χ3n) is 3.98. The van der Waals surface area contributed by atoms with Gasteiger partial charge in [-0.15, -0.1) is 0 Å². The predicted octanol–water partition coefficient (Wildman–Crippen LogP) is 3.25. The summed E-state index contributed by atoms with van der Waals surface area (Å²) < 4.78 is 0. The predicted molar refractivity (Wildman–Crippen MR) is 82.6 cm³/mol. The highest BCUT2D eigenvalue weighted by atomic mass is 15.2. The smallest absolute Gasteiger partial charge is 0.0197 e. The SMILES string of the molecule is CC(C)NC1CCCN(CC(C)c2ccccc2)C1. The largest absolute Gasteiger partial charge is 0.311 e. The zero-order valence-electron chi connectivity index (χ0n) is 12.6. The van der Waals surface area contributed by atoms with E-state index >= 15 is 0 Å². The molecule has 0 aliphatic carbocycles. The topological polar surface area (TPSA) is 15.3 Å². The minimum absolute atomic E-state index is 0.594. The zero-order valence-corrected chi connectivity index (χ0v) is 12.6. The number of nitrogens with one attached hydrogen (secondary N) is 1. The van der Waals surface area contributed by atoms with Crippen molar-refractivity contribution >= 4 is 0 Å². The fourth-order valence-corrected chi connectivity index (χ4v) is 3.10. The Morgan fingerprint density at radius 1 is 1.21 bits per heavy atom. The molecule has 0 radical (unpaired) electrons. The van der Waals surface area contributed by atoms with Crippen LogP contribution in [-0.2, 0) is 0 Å². The minimum Gasteiger partial charge on any atom is -0.311 e. The number of likely N-dealkylation sites (tertiary alicyclic amines) is 1. The van der Waals surface area contributed by atoms with E-state index in [-0.39, 0.29) is 0 Å². The number of piperidine rings is 1. The van der Waals surface area contributed by atoms with Crippen molar-refractivity contribution in [2.45, 2.75) is 51.6 Å². The average Bonchev–Trinajstić information content (AvgIpc) is 2.39. The first-order valence-corrected chi connectivity index (χ1v) is 7.68. The first kappa shape index (κ1) is 14.5. The standard InChI is InChI=1S/C17H28N2/c1-14(2)18-17-10-7-11-19(13-17)12-15(3)16-8-5-4-6-9-16/h4-6,8-9,14-15,17-18H,7,10-13H2,1-3H3. The highest BCUT2D eigenvalue weighted by Gasteiger charge is 2.21. The molecule has 2 unspecified atom stereocenters. The van der Waals surface area contributed by atoms with Crippen molar-refractivity contribution in [3.63, 3.8) is 0 Å². The Hall–Kier alpha value is -0.860. The van der Waals surface area contributed by atoms with Crippen molar-refractivity contribution in [1.82, 2.24) is 10.2 Å². The molecule has 1 N–H and O–H groups in total. The van der Waals surface area contributed by atoms with Crippen LogP contribution in [0.1, 0.15) is 45.1 Å². The van der Waals surface area contributed by atoms with Gasteiger partial charge in [-0.2, -0.15) is 0 Å². The van der Waals surface area contributed by atoms with Crippen LogP contribution in [-0.4, -0.2) is 36.6 Å². The summed E-state index contributed by atoms with van der Waals surface area (Å²) in [5.41, 5.74) is 1.46. The lowest BCUT2D eigenvalue weighted by Crippen LogP contribution is -2.48. The highest BCUT2D eigenvalue weighted by molar-refractivity contribution is 5.19. The van der Waals surface area contributed by atoms with Crippen molar-refractivity contribution in [2.75, 3.05) is 19.6 Å². The Kier molecular flexibility index (Phi) is 5.41. The van der Waals surface area contributed by atoms with Crippen LogP contribution in [0.15, 0.2) is 30.3 Å². The second-order valence-corrected chi connectivity index (χ2v) is 6.23. The van der Waals surface area contributed by atoms with E-state index in [0.29, 0.717) is 18.0 Å². The molecule has 0 bridgehead atoms. The van der Waals surface area contributed by atoms with Gasteiger partial charge in [-0.05, 0) is 30.9 Å². The van der Waals surface area contributed by atoms with Gasteiger partial charge in [0.1, 0.15) is 0 Å².